The van der Waals surface area contributed by atoms with Crippen LogP contribution in [0.2, 0.25) is 0 Å². The second kappa shape index (κ2) is 6.22. The van der Waals surface area contributed by atoms with Crippen LogP contribution in [-0.4, -0.2) is 24.1 Å². The molecule has 0 radical (unpaired) electrons. The number of carbonyl (C=O) groups excluding carboxylic acids is 1. The molecule has 0 aromatic carbocycles. The maximum atomic E-state index is 12.0. The van der Waals surface area contributed by atoms with Crippen molar-refractivity contribution < 1.29 is 18.1 Å². The van der Waals surface area contributed by atoms with Gasteiger partial charge in [0.25, 0.3) is 12.3 Å². The van der Waals surface area contributed by atoms with Crippen molar-refractivity contribution in [3.63, 3.8) is 0 Å². The van der Waals surface area contributed by atoms with Crippen molar-refractivity contribution in [3.8, 4) is 0 Å². The molecule has 2 N–H and O–H groups in total. The SMILES string of the molecule is CC/C(=N\NF)C(=O)NC(C)C(F)F. The summed E-state index contributed by atoms with van der Waals surface area (Å²) in [6.07, 6.45) is -2.51. The Balaban J connectivity index is 4.25. The highest BCUT2D eigenvalue weighted by Crippen LogP contribution is 1.99. The summed E-state index contributed by atoms with van der Waals surface area (Å²) in [5, 5.41) is 4.99. The quantitative estimate of drug-likeness (QED) is 0.405. The summed E-state index contributed by atoms with van der Waals surface area (Å²) in [6.45, 7) is 2.71. The van der Waals surface area contributed by atoms with Gasteiger partial charge in [-0.1, -0.05) is 11.4 Å². The van der Waals surface area contributed by atoms with Crippen LogP contribution in [0, 0.1) is 0 Å². The third-order valence-electron chi connectivity index (χ3n) is 1.51. The van der Waals surface area contributed by atoms with Crippen LogP contribution in [0.15, 0.2) is 5.10 Å². The van der Waals surface area contributed by atoms with Crippen molar-refractivity contribution in [3.05, 3.63) is 0 Å². The number of nitrogens with one attached hydrogen (secondary N) is 2. The van der Waals surface area contributed by atoms with Crippen molar-refractivity contribution in [1.29, 1.82) is 0 Å². The van der Waals surface area contributed by atoms with Gasteiger partial charge in [-0.3, -0.25) is 4.79 Å². The molecule has 0 aliphatic rings. The molecule has 7 heteroatoms. The van der Waals surface area contributed by atoms with Crippen LogP contribution in [0.1, 0.15) is 20.3 Å². The van der Waals surface area contributed by atoms with Gasteiger partial charge in [0, 0.05) is 0 Å². The van der Waals surface area contributed by atoms with Crippen molar-refractivity contribution in [2.45, 2.75) is 32.7 Å². The van der Waals surface area contributed by atoms with Gasteiger partial charge in [-0.15, -0.1) is 10.7 Å². The molecule has 0 aromatic heterocycles. The van der Waals surface area contributed by atoms with Crippen LogP contribution in [0.4, 0.5) is 13.3 Å². The van der Waals surface area contributed by atoms with Gasteiger partial charge in [-0.05, 0) is 13.3 Å². The minimum atomic E-state index is -2.66. The van der Waals surface area contributed by atoms with Crippen LogP contribution in [0.25, 0.3) is 0 Å². The summed E-state index contributed by atoms with van der Waals surface area (Å²) in [7, 11) is 0. The fourth-order valence-electron chi connectivity index (χ4n) is 0.694. The summed E-state index contributed by atoms with van der Waals surface area (Å²) in [5.74, 6) is -0.801. The van der Waals surface area contributed by atoms with Crippen LogP contribution in [-0.2, 0) is 4.79 Å². The van der Waals surface area contributed by atoms with Crippen LogP contribution in [0.5, 0.6) is 0 Å². The molecular formula is C7H12F3N3O. The van der Waals surface area contributed by atoms with E-state index in [9.17, 15) is 18.1 Å². The Labute approximate surface area is 79.5 Å². The first-order chi connectivity index (χ1) is 6.52. The van der Waals surface area contributed by atoms with Crippen LogP contribution in [0.3, 0.4) is 0 Å². The third kappa shape index (κ3) is 4.11. The number of nitrogens with zero attached hydrogens (tertiary/aromatic N) is 1. The first-order valence-electron chi connectivity index (χ1n) is 4.04. The van der Waals surface area contributed by atoms with Crippen molar-refractivity contribution in [1.82, 2.24) is 11.0 Å². The highest BCUT2D eigenvalue weighted by Gasteiger charge is 2.19. The summed E-state index contributed by atoms with van der Waals surface area (Å²) in [5.41, 5.74) is 0.775. The predicted molar refractivity (Wildman–Crippen MR) is 45.6 cm³/mol. The smallest absolute Gasteiger partial charge is 0.267 e. The zero-order valence-corrected chi connectivity index (χ0v) is 7.85. The molecule has 0 bridgehead atoms. The van der Waals surface area contributed by atoms with E-state index in [4.69, 9.17) is 0 Å². The lowest BCUT2D eigenvalue weighted by Crippen LogP contribution is -2.41. The number of alkyl halides is 2. The molecule has 82 valence electrons. The molecule has 1 unspecified atom stereocenters. The average Bonchev–Trinajstić information content (AvgIpc) is 2.13. The fourth-order valence-corrected chi connectivity index (χ4v) is 0.694. The Kier molecular flexibility index (Phi) is 5.66. The molecule has 0 saturated carbocycles. The summed E-state index contributed by atoms with van der Waals surface area (Å²) in [4.78, 5) is 11.1. The lowest BCUT2D eigenvalue weighted by Gasteiger charge is -2.12. The van der Waals surface area contributed by atoms with Crippen LogP contribution >= 0.6 is 0 Å². The minimum absolute atomic E-state index is 0.151. The monoisotopic (exact) mass is 211 g/mol. The molecule has 0 aromatic rings. The summed E-state index contributed by atoms with van der Waals surface area (Å²) in [6, 6.07) is -1.28. The second-order valence-corrected chi connectivity index (χ2v) is 2.59. The Morgan fingerprint density at radius 2 is 2.07 bits per heavy atom. The maximum Gasteiger partial charge on any atom is 0.267 e. The van der Waals surface area contributed by atoms with Gasteiger partial charge in [-0.2, -0.15) is 0 Å². The number of hydrazone groups is 1. The lowest BCUT2D eigenvalue weighted by molar-refractivity contribution is -0.116. The first kappa shape index (κ1) is 12.7. The molecule has 0 saturated heterocycles. The van der Waals surface area contributed by atoms with E-state index in [1.807, 2.05) is 5.32 Å². The van der Waals surface area contributed by atoms with Gasteiger partial charge < -0.3 is 5.32 Å². The maximum absolute atomic E-state index is 12.0. The van der Waals surface area contributed by atoms with Crippen molar-refractivity contribution >= 4 is 11.6 Å². The van der Waals surface area contributed by atoms with Gasteiger partial charge in [0.1, 0.15) is 5.71 Å². The van der Waals surface area contributed by atoms with E-state index in [0.717, 1.165) is 12.6 Å². The Morgan fingerprint density at radius 1 is 1.50 bits per heavy atom. The zero-order valence-electron chi connectivity index (χ0n) is 7.85. The van der Waals surface area contributed by atoms with E-state index in [0.29, 0.717) is 0 Å². The number of amides is 1. The van der Waals surface area contributed by atoms with E-state index in [1.165, 1.54) is 0 Å². The molecule has 4 nitrogen and oxygen atoms in total. The van der Waals surface area contributed by atoms with Crippen molar-refractivity contribution in [2.24, 2.45) is 5.10 Å². The van der Waals surface area contributed by atoms with Gasteiger partial charge in [0.15, 0.2) is 0 Å². The number of hydrogen-bond acceptors (Lipinski definition) is 3. The molecule has 0 fully saturated rings. The van der Waals surface area contributed by atoms with E-state index in [2.05, 4.69) is 5.10 Å². The van der Waals surface area contributed by atoms with Crippen LogP contribution < -0.4 is 11.0 Å². The molecule has 14 heavy (non-hydrogen) atoms. The number of halogens is 3. The average molecular weight is 211 g/mol. The largest absolute Gasteiger partial charge is 0.343 e. The Bertz CT molecular complexity index is 220. The van der Waals surface area contributed by atoms with E-state index >= 15 is 0 Å². The summed E-state index contributed by atoms with van der Waals surface area (Å²) < 4.78 is 35.5. The molecule has 0 aliphatic carbocycles. The molecule has 0 heterocycles. The molecule has 0 aliphatic heterocycles. The van der Waals surface area contributed by atoms with Gasteiger partial charge in [0.2, 0.25) is 0 Å². The van der Waals surface area contributed by atoms with E-state index in [1.54, 1.807) is 6.92 Å². The molecule has 0 spiro atoms. The molecule has 1 atom stereocenters. The standard InChI is InChI=1S/C7H12F3N3O/c1-3-5(12-13-10)7(14)11-4(2)6(8)9/h4,6,13H,3H2,1-2H3,(H,11,14)/b12-5+. The molecular weight excluding hydrogens is 199 g/mol. The van der Waals surface area contributed by atoms with E-state index in [-0.39, 0.29) is 12.1 Å². The van der Waals surface area contributed by atoms with Gasteiger partial charge in [-0.25, -0.2) is 8.78 Å². The summed E-state index contributed by atoms with van der Waals surface area (Å²) >= 11 is 0. The first-order valence-corrected chi connectivity index (χ1v) is 4.04. The number of hydrogen-bond donors (Lipinski definition) is 2. The van der Waals surface area contributed by atoms with Crippen molar-refractivity contribution in [2.75, 3.05) is 0 Å². The predicted octanol–water partition coefficient (Wildman–Crippen LogP) is 0.996. The second-order valence-electron chi connectivity index (χ2n) is 2.59. The number of carbonyl (C=O) groups is 1. The van der Waals surface area contributed by atoms with Gasteiger partial charge >= 0.3 is 0 Å². The number of rotatable bonds is 5. The van der Waals surface area contributed by atoms with Gasteiger partial charge in [0.05, 0.1) is 6.04 Å². The Hall–Kier alpha value is -1.27. The topological polar surface area (TPSA) is 53.5 Å². The molecule has 1 amide bonds. The third-order valence-corrected chi connectivity index (χ3v) is 1.51. The minimum Gasteiger partial charge on any atom is -0.343 e. The van der Waals surface area contributed by atoms with E-state index < -0.39 is 18.4 Å². The fraction of sp³-hybridized carbons (Fsp3) is 0.714. The zero-order chi connectivity index (χ0) is 11.1. The lowest BCUT2D eigenvalue weighted by atomic mass is 10.2. The highest BCUT2D eigenvalue weighted by atomic mass is 19.3. The highest BCUT2D eigenvalue weighted by molar-refractivity contribution is 6.38. The normalized spacial score (nSPS) is 14.0. The Morgan fingerprint density at radius 3 is 2.43 bits per heavy atom. The molecule has 0 rings (SSSR count).